The molecule has 1 atom stereocenters. The first-order valence-corrected chi connectivity index (χ1v) is 13.9. The van der Waals surface area contributed by atoms with E-state index in [4.69, 9.17) is 4.74 Å². The van der Waals surface area contributed by atoms with Gasteiger partial charge in [0.25, 0.3) is 11.2 Å². The number of aromatic hydroxyl groups is 1. The van der Waals surface area contributed by atoms with E-state index in [-0.39, 0.29) is 37.7 Å². The third kappa shape index (κ3) is 5.27. The third-order valence-electron chi connectivity index (χ3n) is 5.59. The summed E-state index contributed by atoms with van der Waals surface area (Å²) in [4.78, 5) is 43.5. The summed E-state index contributed by atoms with van der Waals surface area (Å²) in [6.45, 7) is 5.19. The van der Waals surface area contributed by atoms with Crippen molar-refractivity contribution in [1.29, 1.82) is 0 Å². The van der Waals surface area contributed by atoms with Crippen LogP contribution < -0.4 is 14.9 Å². The lowest BCUT2D eigenvalue weighted by atomic mass is 9.96. The Balaban J connectivity index is 1.97. The number of fused-ring (bicyclic) bond motifs is 1. The summed E-state index contributed by atoms with van der Waals surface area (Å²) in [5, 5.41) is 21.8. The fourth-order valence-electron chi connectivity index (χ4n) is 3.92. The standard InChI is InChI=1S/C25H22BrN3O6S2/c1-12(2)35-24(32)20-13(3)27-25-28(21(20)14-5-7-17(36-4)8-6-14)23(31)19(37-25)10-15-9-16(29(33)34)11-18(26)22(15)30/h5-12,21,30H,1-4H3/b19-10-/t21-/m0/s1. The van der Waals surface area contributed by atoms with Gasteiger partial charge in [-0.2, -0.15) is 0 Å². The molecule has 1 aliphatic rings. The van der Waals surface area contributed by atoms with Crippen LogP contribution in [0, 0.1) is 10.1 Å². The SMILES string of the molecule is CSc1ccc([C@H]2C(C(=O)OC(C)C)=C(C)N=c3s/c(=C\c4cc([N+](=O)[O-])cc(Br)c4O)c(=O)n32)cc1. The van der Waals surface area contributed by atoms with Crippen LogP contribution in [0.25, 0.3) is 6.08 Å². The van der Waals surface area contributed by atoms with E-state index in [0.717, 1.165) is 16.2 Å². The van der Waals surface area contributed by atoms with Gasteiger partial charge in [-0.15, -0.1) is 11.8 Å². The van der Waals surface area contributed by atoms with E-state index in [0.29, 0.717) is 16.1 Å². The number of rotatable bonds is 6. The Morgan fingerprint density at radius 3 is 2.59 bits per heavy atom. The predicted molar refractivity (Wildman–Crippen MR) is 146 cm³/mol. The number of nitro benzene ring substituents is 1. The Morgan fingerprint density at radius 2 is 2.00 bits per heavy atom. The Bertz CT molecular complexity index is 1620. The highest BCUT2D eigenvalue weighted by atomic mass is 79.9. The molecule has 0 fully saturated rings. The summed E-state index contributed by atoms with van der Waals surface area (Å²) < 4.78 is 7.24. The molecular formula is C25H22BrN3O6S2. The highest BCUT2D eigenvalue weighted by molar-refractivity contribution is 9.10. The molecule has 1 N–H and O–H groups in total. The molecule has 9 nitrogen and oxygen atoms in total. The summed E-state index contributed by atoms with van der Waals surface area (Å²) in [6.07, 6.45) is 2.97. The number of ether oxygens (including phenoxy) is 1. The first kappa shape index (κ1) is 26.8. The minimum Gasteiger partial charge on any atom is -0.506 e. The average molecular weight is 605 g/mol. The molecule has 0 saturated carbocycles. The minimum absolute atomic E-state index is 0.0994. The molecule has 1 aromatic heterocycles. The smallest absolute Gasteiger partial charge is 0.338 e. The van der Waals surface area contributed by atoms with Crippen molar-refractivity contribution in [3.63, 3.8) is 0 Å². The van der Waals surface area contributed by atoms with Crippen LogP contribution in [0.2, 0.25) is 0 Å². The quantitative estimate of drug-likeness (QED) is 0.193. The van der Waals surface area contributed by atoms with Gasteiger partial charge in [0.1, 0.15) is 5.75 Å². The molecule has 1 aliphatic heterocycles. The van der Waals surface area contributed by atoms with Crippen LogP contribution in [0.3, 0.4) is 0 Å². The molecule has 12 heteroatoms. The van der Waals surface area contributed by atoms with Crippen molar-refractivity contribution in [2.45, 2.75) is 37.8 Å². The second-order valence-electron chi connectivity index (χ2n) is 8.43. The largest absolute Gasteiger partial charge is 0.506 e. The molecule has 2 aromatic carbocycles. The first-order valence-electron chi connectivity index (χ1n) is 11.1. The number of carbonyl (C=O) groups excluding carboxylic acids is 1. The number of benzene rings is 2. The molecular weight excluding hydrogens is 582 g/mol. The predicted octanol–water partition coefficient (Wildman–Crippen LogP) is 4.29. The van der Waals surface area contributed by atoms with Crippen LogP contribution >= 0.6 is 39.0 Å². The van der Waals surface area contributed by atoms with Crippen LogP contribution in [0.5, 0.6) is 5.75 Å². The molecule has 0 radical (unpaired) electrons. The Labute approximate surface area is 228 Å². The van der Waals surface area contributed by atoms with Crippen molar-refractivity contribution in [2.75, 3.05) is 6.26 Å². The van der Waals surface area contributed by atoms with Crippen molar-refractivity contribution in [1.82, 2.24) is 4.57 Å². The monoisotopic (exact) mass is 603 g/mol. The topological polar surface area (TPSA) is 124 Å². The molecule has 3 aromatic rings. The lowest BCUT2D eigenvalue weighted by molar-refractivity contribution is -0.385. The van der Waals surface area contributed by atoms with Gasteiger partial charge in [0.05, 0.1) is 37.3 Å². The number of carbonyl (C=O) groups is 1. The van der Waals surface area contributed by atoms with Gasteiger partial charge < -0.3 is 9.84 Å². The molecule has 4 rings (SSSR count). The number of thiazole rings is 1. The van der Waals surface area contributed by atoms with Gasteiger partial charge in [0, 0.05) is 22.6 Å². The summed E-state index contributed by atoms with van der Waals surface area (Å²) in [5.74, 6) is -0.803. The van der Waals surface area contributed by atoms with Crippen LogP contribution in [0.15, 0.2) is 66.8 Å². The number of allylic oxidation sites excluding steroid dienone is 1. The van der Waals surface area contributed by atoms with E-state index in [1.807, 2.05) is 30.5 Å². The summed E-state index contributed by atoms with van der Waals surface area (Å²) in [7, 11) is 0. The molecule has 0 bridgehead atoms. The van der Waals surface area contributed by atoms with E-state index in [2.05, 4.69) is 20.9 Å². The first-order chi connectivity index (χ1) is 17.5. The number of phenolic OH excluding ortho intramolecular Hbond substituents is 1. The summed E-state index contributed by atoms with van der Waals surface area (Å²) in [6, 6.07) is 9.13. The number of aromatic nitrogens is 1. The number of non-ortho nitro benzene ring substituents is 1. The van der Waals surface area contributed by atoms with Crippen LogP contribution in [-0.4, -0.2) is 32.9 Å². The van der Waals surface area contributed by atoms with Gasteiger partial charge in [-0.05, 0) is 66.7 Å². The normalized spacial score (nSPS) is 15.5. The molecule has 0 spiro atoms. The van der Waals surface area contributed by atoms with Gasteiger partial charge in [-0.3, -0.25) is 19.5 Å². The van der Waals surface area contributed by atoms with Crippen molar-refractivity contribution in [3.8, 4) is 5.75 Å². The van der Waals surface area contributed by atoms with E-state index in [1.165, 1.54) is 22.8 Å². The lowest BCUT2D eigenvalue weighted by Gasteiger charge is -2.25. The van der Waals surface area contributed by atoms with E-state index < -0.39 is 22.5 Å². The number of nitrogens with zero attached hydrogens (tertiary/aromatic N) is 3. The lowest BCUT2D eigenvalue weighted by Crippen LogP contribution is -2.40. The van der Waals surface area contributed by atoms with Crippen molar-refractivity contribution >= 4 is 56.8 Å². The highest BCUT2D eigenvalue weighted by Crippen LogP contribution is 2.34. The van der Waals surface area contributed by atoms with Crippen molar-refractivity contribution in [2.24, 2.45) is 4.99 Å². The van der Waals surface area contributed by atoms with Gasteiger partial charge in [0.2, 0.25) is 0 Å². The van der Waals surface area contributed by atoms with Crippen molar-refractivity contribution in [3.05, 3.63) is 93.1 Å². The number of halogens is 1. The number of hydrogen-bond donors (Lipinski definition) is 1. The van der Waals surface area contributed by atoms with Crippen LogP contribution in [0.4, 0.5) is 5.69 Å². The zero-order chi connectivity index (χ0) is 27.0. The maximum absolute atomic E-state index is 13.7. The molecule has 0 saturated heterocycles. The minimum atomic E-state index is -0.786. The van der Waals surface area contributed by atoms with E-state index in [1.54, 1.807) is 32.5 Å². The highest BCUT2D eigenvalue weighted by Gasteiger charge is 2.33. The molecule has 192 valence electrons. The Kier molecular flexibility index (Phi) is 7.72. The fourth-order valence-corrected chi connectivity index (χ4v) is 5.83. The molecule has 37 heavy (non-hydrogen) atoms. The van der Waals surface area contributed by atoms with E-state index >= 15 is 0 Å². The number of esters is 1. The van der Waals surface area contributed by atoms with Gasteiger partial charge in [-0.25, -0.2) is 9.79 Å². The maximum atomic E-state index is 13.7. The summed E-state index contributed by atoms with van der Waals surface area (Å²) in [5.41, 5.74) is 0.791. The summed E-state index contributed by atoms with van der Waals surface area (Å²) >= 11 is 5.76. The van der Waals surface area contributed by atoms with Gasteiger partial charge >= 0.3 is 5.97 Å². The number of hydrogen-bond acceptors (Lipinski definition) is 9. The Hall–Kier alpha value is -3.22. The number of phenols is 1. The Morgan fingerprint density at radius 1 is 1.32 bits per heavy atom. The average Bonchev–Trinajstić information content (AvgIpc) is 3.14. The maximum Gasteiger partial charge on any atom is 0.338 e. The van der Waals surface area contributed by atoms with Crippen molar-refractivity contribution < 1.29 is 19.6 Å². The third-order valence-corrected chi connectivity index (χ3v) is 7.92. The molecule has 0 unspecified atom stereocenters. The van der Waals surface area contributed by atoms with E-state index in [9.17, 15) is 24.8 Å². The second kappa shape index (κ2) is 10.6. The molecule has 0 aliphatic carbocycles. The molecule has 0 amide bonds. The zero-order valence-corrected chi connectivity index (χ0v) is 23.4. The molecule has 2 heterocycles. The second-order valence-corrected chi connectivity index (χ2v) is 11.2. The number of thioether (sulfide) groups is 1. The van der Waals surface area contributed by atoms with Crippen LogP contribution in [0.1, 0.15) is 37.9 Å². The van der Waals surface area contributed by atoms with Gasteiger partial charge in [-0.1, -0.05) is 23.5 Å². The van der Waals surface area contributed by atoms with Gasteiger partial charge in [0.15, 0.2) is 4.80 Å². The number of nitro groups is 1. The zero-order valence-electron chi connectivity index (χ0n) is 20.2. The van der Waals surface area contributed by atoms with Crippen LogP contribution in [-0.2, 0) is 9.53 Å². The fraction of sp³-hybridized carbons (Fsp3) is 0.240.